The predicted molar refractivity (Wildman–Crippen MR) is 123 cm³/mol. The van der Waals surface area contributed by atoms with Gasteiger partial charge in [0, 0.05) is 30.6 Å². The molecule has 0 spiro atoms. The molecule has 2 heterocycles. The van der Waals surface area contributed by atoms with Crippen LogP contribution in [0, 0.1) is 5.82 Å². The zero-order valence-corrected chi connectivity index (χ0v) is 18.7. The fraction of sp³-hybridized carbons (Fsp3) is 0.130. The second-order valence-corrected chi connectivity index (χ2v) is 7.36. The molecule has 10 heteroatoms. The minimum atomic E-state index is -0.346. The lowest BCUT2D eigenvalue weighted by Gasteiger charge is -2.12. The molecule has 0 bridgehead atoms. The SMILES string of the molecule is CO.COc1cc(C(=O)Nc2nnc(-c3ccncc3)s2)ccc1OCc1ccc(F)cc1. The Morgan fingerprint density at radius 1 is 1.03 bits per heavy atom. The normalized spacial score (nSPS) is 10.1. The highest BCUT2D eigenvalue weighted by Crippen LogP contribution is 2.30. The minimum absolute atomic E-state index is 0.241. The van der Waals surface area contributed by atoms with Crippen molar-refractivity contribution in [2.75, 3.05) is 19.5 Å². The van der Waals surface area contributed by atoms with Gasteiger partial charge in [-0.25, -0.2) is 4.39 Å². The molecule has 2 N–H and O–H groups in total. The largest absolute Gasteiger partial charge is 0.493 e. The van der Waals surface area contributed by atoms with Crippen molar-refractivity contribution in [3.8, 4) is 22.1 Å². The number of ether oxygens (including phenoxy) is 2. The van der Waals surface area contributed by atoms with Crippen molar-refractivity contribution in [1.82, 2.24) is 15.2 Å². The number of nitrogens with one attached hydrogen (secondary N) is 1. The Labute approximate surface area is 193 Å². The van der Waals surface area contributed by atoms with Crippen LogP contribution in [-0.4, -0.2) is 40.4 Å². The van der Waals surface area contributed by atoms with E-state index in [-0.39, 0.29) is 18.3 Å². The van der Waals surface area contributed by atoms with Crippen LogP contribution in [0.15, 0.2) is 67.0 Å². The Bertz CT molecular complexity index is 1190. The van der Waals surface area contributed by atoms with Crippen LogP contribution in [0.1, 0.15) is 15.9 Å². The van der Waals surface area contributed by atoms with Gasteiger partial charge < -0.3 is 14.6 Å². The fourth-order valence-electron chi connectivity index (χ4n) is 2.72. The molecule has 2 aromatic heterocycles. The van der Waals surface area contributed by atoms with Crippen molar-refractivity contribution >= 4 is 22.4 Å². The third kappa shape index (κ3) is 6.31. The highest BCUT2D eigenvalue weighted by molar-refractivity contribution is 7.18. The Kier molecular flexibility index (Phi) is 8.39. The molecule has 0 fully saturated rings. The first kappa shape index (κ1) is 23.8. The first-order chi connectivity index (χ1) is 16.1. The number of rotatable bonds is 7. The van der Waals surface area contributed by atoms with Crippen LogP contribution >= 0.6 is 11.3 Å². The van der Waals surface area contributed by atoms with E-state index in [0.29, 0.717) is 27.2 Å². The Morgan fingerprint density at radius 3 is 2.45 bits per heavy atom. The molecule has 1 amide bonds. The van der Waals surface area contributed by atoms with Crippen LogP contribution < -0.4 is 14.8 Å². The van der Waals surface area contributed by atoms with Crippen molar-refractivity contribution < 1.29 is 23.8 Å². The van der Waals surface area contributed by atoms with Gasteiger partial charge in [0.1, 0.15) is 17.4 Å². The monoisotopic (exact) mass is 468 g/mol. The number of amides is 1. The van der Waals surface area contributed by atoms with Gasteiger partial charge in [-0.05, 0) is 48.0 Å². The smallest absolute Gasteiger partial charge is 0.257 e. The van der Waals surface area contributed by atoms with Crippen LogP contribution in [0.4, 0.5) is 9.52 Å². The summed E-state index contributed by atoms with van der Waals surface area (Å²) in [6.07, 6.45) is 3.34. The quantitative estimate of drug-likeness (QED) is 0.419. The topological polar surface area (TPSA) is 106 Å². The number of hydrogen-bond acceptors (Lipinski definition) is 8. The number of hydrogen-bond donors (Lipinski definition) is 2. The summed E-state index contributed by atoms with van der Waals surface area (Å²) in [5.74, 6) is 0.226. The van der Waals surface area contributed by atoms with E-state index < -0.39 is 0 Å². The number of halogens is 1. The molecule has 0 atom stereocenters. The summed E-state index contributed by atoms with van der Waals surface area (Å²) in [4.78, 5) is 16.6. The average Bonchev–Trinajstić information content (AvgIpc) is 3.34. The van der Waals surface area contributed by atoms with E-state index in [4.69, 9.17) is 14.6 Å². The van der Waals surface area contributed by atoms with Crippen LogP contribution in [0.5, 0.6) is 11.5 Å². The standard InChI is InChI=1S/C22H17FN4O3S.CH4O/c1-29-19-12-16(4-7-18(19)30-13-14-2-5-17(23)6-3-14)20(28)25-22-27-26-21(31-22)15-8-10-24-11-9-15;1-2/h2-12H,13H2,1H3,(H,25,27,28);2H,1H3. The molecule has 4 rings (SSSR count). The molecule has 0 aliphatic carbocycles. The summed E-state index contributed by atoms with van der Waals surface area (Å²) >= 11 is 1.26. The van der Waals surface area contributed by atoms with Crippen LogP contribution in [0.3, 0.4) is 0 Å². The van der Waals surface area contributed by atoms with Gasteiger partial charge in [-0.1, -0.05) is 23.5 Å². The first-order valence-electron chi connectivity index (χ1n) is 9.67. The molecule has 0 aliphatic rings. The molecular weight excluding hydrogens is 447 g/mol. The van der Waals surface area contributed by atoms with E-state index in [0.717, 1.165) is 18.2 Å². The van der Waals surface area contributed by atoms with Gasteiger partial charge in [0.05, 0.1) is 7.11 Å². The number of nitrogens with zero attached hydrogens (tertiary/aromatic N) is 3. The predicted octanol–water partition coefficient (Wildman–Crippen LogP) is 4.19. The van der Waals surface area contributed by atoms with Gasteiger partial charge in [-0.15, -0.1) is 10.2 Å². The van der Waals surface area contributed by atoms with Gasteiger partial charge in [-0.3, -0.25) is 15.1 Å². The lowest BCUT2D eigenvalue weighted by Crippen LogP contribution is -2.12. The Hall–Kier alpha value is -3.89. The zero-order chi connectivity index (χ0) is 23.6. The second kappa shape index (κ2) is 11.7. The summed E-state index contributed by atoms with van der Waals surface area (Å²) in [5.41, 5.74) is 2.07. The molecule has 0 saturated heterocycles. The number of methoxy groups -OCH3 is 1. The van der Waals surface area contributed by atoms with Crippen LogP contribution in [0.25, 0.3) is 10.6 Å². The van der Waals surface area contributed by atoms with E-state index >= 15 is 0 Å². The van der Waals surface area contributed by atoms with Gasteiger partial charge in [-0.2, -0.15) is 0 Å². The number of carbonyl (C=O) groups excluding carboxylic acids is 1. The van der Waals surface area contributed by atoms with E-state index in [1.54, 1.807) is 42.7 Å². The van der Waals surface area contributed by atoms with Crippen LogP contribution in [-0.2, 0) is 6.61 Å². The summed E-state index contributed by atoms with van der Waals surface area (Å²) in [6.45, 7) is 0.241. The molecule has 4 aromatic rings. The van der Waals surface area contributed by atoms with Crippen molar-refractivity contribution in [2.24, 2.45) is 0 Å². The number of benzene rings is 2. The maximum absolute atomic E-state index is 13.0. The number of anilines is 1. The summed E-state index contributed by atoms with van der Waals surface area (Å²) in [6, 6.07) is 14.5. The molecule has 0 aliphatic heterocycles. The first-order valence-corrected chi connectivity index (χ1v) is 10.5. The Morgan fingerprint density at radius 2 is 1.76 bits per heavy atom. The second-order valence-electron chi connectivity index (χ2n) is 6.38. The number of aromatic nitrogens is 3. The van der Waals surface area contributed by atoms with Crippen molar-refractivity contribution in [2.45, 2.75) is 6.61 Å². The summed E-state index contributed by atoms with van der Waals surface area (Å²) < 4.78 is 24.1. The van der Waals surface area contributed by atoms with Crippen LogP contribution in [0.2, 0.25) is 0 Å². The van der Waals surface area contributed by atoms with Crippen molar-refractivity contribution in [3.05, 3.63) is 83.9 Å². The number of aliphatic hydroxyl groups excluding tert-OH is 1. The number of pyridine rings is 1. The molecule has 0 saturated carbocycles. The van der Waals surface area contributed by atoms with E-state index in [9.17, 15) is 9.18 Å². The van der Waals surface area contributed by atoms with E-state index in [2.05, 4.69) is 20.5 Å². The Balaban J connectivity index is 0.00000149. The summed E-state index contributed by atoms with van der Waals surface area (Å²) in [5, 5.41) is 18.9. The average molecular weight is 469 g/mol. The minimum Gasteiger partial charge on any atom is -0.493 e. The molecule has 2 aromatic carbocycles. The molecule has 8 nitrogen and oxygen atoms in total. The lowest BCUT2D eigenvalue weighted by atomic mass is 10.2. The van der Waals surface area contributed by atoms with Crippen molar-refractivity contribution in [3.63, 3.8) is 0 Å². The lowest BCUT2D eigenvalue weighted by molar-refractivity contribution is 0.102. The number of carbonyl (C=O) groups is 1. The zero-order valence-electron chi connectivity index (χ0n) is 17.9. The molecule has 0 unspecified atom stereocenters. The van der Waals surface area contributed by atoms with E-state index in [1.807, 2.05) is 12.1 Å². The highest BCUT2D eigenvalue weighted by Gasteiger charge is 2.14. The third-order valence-corrected chi connectivity index (χ3v) is 5.19. The van der Waals surface area contributed by atoms with Gasteiger partial charge >= 0.3 is 0 Å². The maximum atomic E-state index is 13.0. The fourth-order valence-corrected chi connectivity index (χ4v) is 3.47. The number of aliphatic hydroxyl groups is 1. The van der Waals surface area contributed by atoms with Crippen molar-refractivity contribution in [1.29, 1.82) is 0 Å². The third-order valence-electron chi connectivity index (χ3n) is 4.31. The van der Waals surface area contributed by atoms with Gasteiger partial charge in [0.25, 0.3) is 5.91 Å². The molecule has 170 valence electrons. The molecular formula is C23H21FN4O4S. The van der Waals surface area contributed by atoms with Gasteiger partial charge in [0.2, 0.25) is 5.13 Å². The maximum Gasteiger partial charge on any atom is 0.257 e. The molecule has 33 heavy (non-hydrogen) atoms. The summed E-state index contributed by atoms with van der Waals surface area (Å²) in [7, 11) is 2.49. The van der Waals surface area contributed by atoms with E-state index in [1.165, 1.54) is 30.6 Å². The van der Waals surface area contributed by atoms with Gasteiger partial charge in [0.15, 0.2) is 11.5 Å². The molecule has 0 radical (unpaired) electrons. The highest BCUT2D eigenvalue weighted by atomic mass is 32.1.